The first-order chi connectivity index (χ1) is 11.5. The van der Waals surface area contributed by atoms with Crippen molar-refractivity contribution in [1.82, 2.24) is 9.80 Å². The van der Waals surface area contributed by atoms with E-state index in [4.69, 9.17) is 0 Å². The molecule has 0 unspecified atom stereocenters. The summed E-state index contributed by atoms with van der Waals surface area (Å²) in [5, 5.41) is 0. The number of carbonyl (C=O) groups excluding carboxylic acids is 2. The van der Waals surface area contributed by atoms with E-state index in [1.807, 2.05) is 23.1 Å². The number of hydrogen-bond donors (Lipinski definition) is 0. The highest BCUT2D eigenvalue weighted by Crippen LogP contribution is 2.28. The summed E-state index contributed by atoms with van der Waals surface area (Å²) >= 11 is 0. The minimum Gasteiger partial charge on any atom is -0.341 e. The van der Waals surface area contributed by atoms with Crippen molar-refractivity contribution in [1.29, 1.82) is 0 Å². The van der Waals surface area contributed by atoms with Crippen LogP contribution in [0.1, 0.15) is 25.3 Å². The van der Waals surface area contributed by atoms with Crippen molar-refractivity contribution < 1.29 is 9.59 Å². The lowest BCUT2D eigenvalue weighted by Gasteiger charge is -2.30. The van der Waals surface area contributed by atoms with Gasteiger partial charge in [0.15, 0.2) is 0 Å². The van der Waals surface area contributed by atoms with Crippen LogP contribution in [-0.4, -0.2) is 61.4 Å². The minimum absolute atomic E-state index is 0.127. The van der Waals surface area contributed by atoms with E-state index in [1.54, 1.807) is 4.90 Å². The third-order valence-corrected chi connectivity index (χ3v) is 5.33. The van der Waals surface area contributed by atoms with Crippen LogP contribution in [0.25, 0.3) is 0 Å². The molecule has 2 amide bonds. The standard InChI is InChI=1S/C19H27N3O2/c1-14-12-21(13-17(14)20(2)3)18(23)10-11-22-16-7-5-4-6-15(16)8-9-19(22)24/h4-7,14,17H,8-13H2,1-3H3/t14-,17-/m1/s1. The van der Waals surface area contributed by atoms with Gasteiger partial charge in [-0.25, -0.2) is 0 Å². The van der Waals surface area contributed by atoms with Crippen molar-refractivity contribution in [2.75, 3.05) is 38.6 Å². The molecule has 0 spiro atoms. The number of nitrogens with zero attached hydrogens (tertiary/aromatic N) is 3. The Hall–Kier alpha value is -1.88. The highest BCUT2D eigenvalue weighted by atomic mass is 16.2. The van der Waals surface area contributed by atoms with Crippen molar-refractivity contribution in [2.24, 2.45) is 5.92 Å². The maximum Gasteiger partial charge on any atom is 0.227 e. The Balaban J connectivity index is 1.62. The molecule has 3 rings (SSSR count). The first kappa shape index (κ1) is 17.0. The molecule has 1 fully saturated rings. The first-order valence-electron chi connectivity index (χ1n) is 8.80. The highest BCUT2D eigenvalue weighted by molar-refractivity contribution is 5.97. The monoisotopic (exact) mass is 329 g/mol. The minimum atomic E-state index is 0.127. The normalized spacial score (nSPS) is 23.8. The fourth-order valence-corrected chi connectivity index (χ4v) is 3.93. The van der Waals surface area contributed by atoms with E-state index in [9.17, 15) is 9.59 Å². The molecule has 2 aliphatic heterocycles. The average molecular weight is 329 g/mol. The summed E-state index contributed by atoms with van der Waals surface area (Å²) < 4.78 is 0. The number of likely N-dealkylation sites (tertiary alicyclic amines) is 1. The summed E-state index contributed by atoms with van der Waals surface area (Å²) in [6.45, 7) is 4.28. The van der Waals surface area contributed by atoms with E-state index in [2.05, 4.69) is 32.0 Å². The quantitative estimate of drug-likeness (QED) is 0.845. The molecule has 130 valence electrons. The number of anilines is 1. The van der Waals surface area contributed by atoms with Crippen LogP contribution >= 0.6 is 0 Å². The SMILES string of the molecule is C[C@@H]1CN(C(=O)CCN2C(=O)CCc3ccccc32)C[C@H]1N(C)C. The summed E-state index contributed by atoms with van der Waals surface area (Å²) in [5.41, 5.74) is 2.18. The zero-order chi connectivity index (χ0) is 17.3. The van der Waals surface area contributed by atoms with Crippen molar-refractivity contribution in [3.63, 3.8) is 0 Å². The van der Waals surface area contributed by atoms with Gasteiger partial charge in [0.05, 0.1) is 0 Å². The van der Waals surface area contributed by atoms with Crippen LogP contribution in [0.4, 0.5) is 5.69 Å². The van der Waals surface area contributed by atoms with Gasteiger partial charge in [0.2, 0.25) is 11.8 Å². The molecular formula is C19H27N3O2. The number of para-hydroxylation sites is 1. The van der Waals surface area contributed by atoms with E-state index < -0.39 is 0 Å². The maximum absolute atomic E-state index is 12.6. The molecule has 2 aliphatic rings. The van der Waals surface area contributed by atoms with Crippen molar-refractivity contribution in [3.05, 3.63) is 29.8 Å². The third-order valence-electron chi connectivity index (χ3n) is 5.33. The van der Waals surface area contributed by atoms with Gasteiger partial charge in [0.1, 0.15) is 0 Å². The zero-order valence-corrected chi connectivity index (χ0v) is 14.9. The molecule has 1 saturated heterocycles. The fourth-order valence-electron chi connectivity index (χ4n) is 3.93. The first-order valence-corrected chi connectivity index (χ1v) is 8.80. The van der Waals surface area contributed by atoms with Crippen LogP contribution < -0.4 is 4.90 Å². The summed E-state index contributed by atoms with van der Waals surface area (Å²) in [6, 6.07) is 8.43. The molecule has 0 saturated carbocycles. The largest absolute Gasteiger partial charge is 0.341 e. The molecule has 2 atom stereocenters. The lowest BCUT2D eigenvalue weighted by atomic mass is 10.0. The Kier molecular flexibility index (Phi) is 4.90. The van der Waals surface area contributed by atoms with Gasteiger partial charge in [-0.3, -0.25) is 9.59 Å². The van der Waals surface area contributed by atoms with E-state index in [0.29, 0.717) is 31.3 Å². The van der Waals surface area contributed by atoms with Crippen LogP contribution in [0.2, 0.25) is 0 Å². The zero-order valence-electron chi connectivity index (χ0n) is 14.9. The van der Waals surface area contributed by atoms with Crippen LogP contribution in [0.5, 0.6) is 0 Å². The van der Waals surface area contributed by atoms with Crippen molar-refractivity contribution >= 4 is 17.5 Å². The predicted molar refractivity (Wildman–Crippen MR) is 95.0 cm³/mol. The van der Waals surface area contributed by atoms with E-state index in [-0.39, 0.29) is 11.8 Å². The van der Waals surface area contributed by atoms with Crippen molar-refractivity contribution in [2.45, 2.75) is 32.2 Å². The van der Waals surface area contributed by atoms with Crippen LogP contribution in [0.15, 0.2) is 24.3 Å². The molecule has 0 N–H and O–H groups in total. The topological polar surface area (TPSA) is 43.9 Å². The van der Waals surface area contributed by atoms with Gasteiger partial charge in [-0.2, -0.15) is 0 Å². The number of fused-ring (bicyclic) bond motifs is 1. The Morgan fingerprint density at radius 3 is 2.67 bits per heavy atom. The van der Waals surface area contributed by atoms with E-state index in [1.165, 1.54) is 5.56 Å². The second kappa shape index (κ2) is 6.93. The summed E-state index contributed by atoms with van der Waals surface area (Å²) in [4.78, 5) is 30.8. The average Bonchev–Trinajstić information content (AvgIpc) is 2.96. The molecule has 5 nitrogen and oxygen atoms in total. The molecule has 0 radical (unpaired) electrons. The third kappa shape index (κ3) is 3.31. The molecule has 0 bridgehead atoms. The van der Waals surface area contributed by atoms with Gasteiger partial charge in [-0.1, -0.05) is 25.1 Å². The van der Waals surface area contributed by atoms with E-state index in [0.717, 1.165) is 25.2 Å². The second-order valence-electron chi connectivity index (χ2n) is 7.23. The Morgan fingerprint density at radius 1 is 1.21 bits per heavy atom. The van der Waals surface area contributed by atoms with Gasteiger partial charge in [0.25, 0.3) is 0 Å². The molecule has 2 heterocycles. The van der Waals surface area contributed by atoms with Gasteiger partial charge in [0, 0.05) is 44.2 Å². The number of benzene rings is 1. The smallest absolute Gasteiger partial charge is 0.227 e. The molecule has 24 heavy (non-hydrogen) atoms. The number of amides is 2. The Morgan fingerprint density at radius 2 is 1.96 bits per heavy atom. The molecule has 0 aliphatic carbocycles. The van der Waals surface area contributed by atoms with Gasteiger partial charge >= 0.3 is 0 Å². The summed E-state index contributed by atoms with van der Waals surface area (Å²) in [5.74, 6) is 0.769. The van der Waals surface area contributed by atoms with Crippen LogP contribution in [0, 0.1) is 5.92 Å². The number of aryl methyl sites for hydroxylation is 1. The van der Waals surface area contributed by atoms with Crippen molar-refractivity contribution in [3.8, 4) is 0 Å². The predicted octanol–water partition coefficient (Wildman–Crippen LogP) is 1.76. The van der Waals surface area contributed by atoms with Gasteiger partial charge in [-0.15, -0.1) is 0 Å². The van der Waals surface area contributed by atoms with Crippen LogP contribution in [-0.2, 0) is 16.0 Å². The molecular weight excluding hydrogens is 302 g/mol. The van der Waals surface area contributed by atoms with E-state index >= 15 is 0 Å². The lowest BCUT2D eigenvalue weighted by molar-refractivity contribution is -0.130. The summed E-state index contributed by atoms with van der Waals surface area (Å²) in [6.07, 6.45) is 1.73. The highest BCUT2D eigenvalue weighted by Gasteiger charge is 2.34. The summed E-state index contributed by atoms with van der Waals surface area (Å²) in [7, 11) is 4.14. The maximum atomic E-state index is 12.6. The Labute approximate surface area is 144 Å². The molecule has 0 aromatic heterocycles. The Bertz CT molecular complexity index is 629. The van der Waals surface area contributed by atoms with Gasteiger partial charge < -0.3 is 14.7 Å². The molecule has 5 heteroatoms. The number of carbonyl (C=O) groups is 2. The lowest BCUT2D eigenvalue weighted by Crippen LogP contribution is -2.39. The van der Waals surface area contributed by atoms with Gasteiger partial charge in [-0.05, 0) is 38.1 Å². The number of likely N-dealkylation sites (N-methyl/N-ethyl adjacent to an activating group) is 1. The second-order valence-corrected chi connectivity index (χ2v) is 7.23. The number of hydrogen-bond acceptors (Lipinski definition) is 3. The molecule has 1 aromatic carbocycles. The molecule has 1 aromatic rings. The van der Waals surface area contributed by atoms with Crippen LogP contribution in [0.3, 0.4) is 0 Å². The fraction of sp³-hybridized carbons (Fsp3) is 0.579. The number of rotatable bonds is 4.